The van der Waals surface area contributed by atoms with E-state index in [0.29, 0.717) is 19.0 Å². The minimum atomic E-state index is -0.253. The van der Waals surface area contributed by atoms with Gasteiger partial charge in [0.15, 0.2) is 5.82 Å². The van der Waals surface area contributed by atoms with E-state index >= 15 is 0 Å². The van der Waals surface area contributed by atoms with Gasteiger partial charge >= 0.3 is 6.03 Å². The summed E-state index contributed by atoms with van der Waals surface area (Å²) in [6, 6.07) is -0.198. The zero-order valence-corrected chi connectivity index (χ0v) is 15.1. The molecule has 0 aromatic carbocycles. The van der Waals surface area contributed by atoms with E-state index in [0.717, 1.165) is 38.4 Å². The van der Waals surface area contributed by atoms with E-state index in [1.54, 1.807) is 23.6 Å². The molecule has 4 rings (SSSR count). The Bertz CT molecular complexity index is 743. The second-order valence-corrected chi connectivity index (χ2v) is 6.58. The number of allylic oxidation sites excluding steroid dienone is 2. The molecule has 2 amide bonds. The number of hydrogen-bond acceptors (Lipinski definition) is 7. The predicted molar refractivity (Wildman–Crippen MR) is 101 cm³/mol. The van der Waals surface area contributed by atoms with Crippen molar-refractivity contribution in [1.82, 2.24) is 24.7 Å². The van der Waals surface area contributed by atoms with Crippen LogP contribution < -0.4 is 5.32 Å². The van der Waals surface area contributed by atoms with Gasteiger partial charge in [0.1, 0.15) is 12.2 Å². The van der Waals surface area contributed by atoms with E-state index in [1.165, 1.54) is 6.20 Å². The van der Waals surface area contributed by atoms with Crippen molar-refractivity contribution in [2.45, 2.75) is 12.5 Å². The number of rotatable bonds is 2. The lowest BCUT2D eigenvalue weighted by molar-refractivity contribution is 0.0531. The smallest absolute Gasteiger partial charge is 0.328 e. The van der Waals surface area contributed by atoms with Crippen molar-refractivity contribution >= 4 is 18.2 Å². The van der Waals surface area contributed by atoms with Crippen molar-refractivity contribution < 1.29 is 9.53 Å². The first-order valence-corrected chi connectivity index (χ1v) is 9.14. The number of hydrogen-bond donors (Lipinski definition) is 1. The van der Waals surface area contributed by atoms with E-state index in [-0.39, 0.29) is 12.1 Å². The first-order valence-electron chi connectivity index (χ1n) is 9.14. The van der Waals surface area contributed by atoms with Crippen LogP contribution in [0.2, 0.25) is 0 Å². The summed E-state index contributed by atoms with van der Waals surface area (Å²) in [6.07, 6.45) is 13.3. The lowest BCUT2D eigenvalue weighted by Gasteiger charge is -2.30. The lowest BCUT2D eigenvalue weighted by atomic mass is 10.2. The molecule has 0 saturated carbocycles. The number of aliphatic imine (C=N–C) groups is 1. The van der Waals surface area contributed by atoms with Gasteiger partial charge in [-0.15, -0.1) is 0 Å². The van der Waals surface area contributed by atoms with Crippen LogP contribution in [0, 0.1) is 0 Å². The van der Waals surface area contributed by atoms with Gasteiger partial charge in [-0.1, -0.05) is 0 Å². The highest BCUT2D eigenvalue weighted by molar-refractivity contribution is 5.96. The number of fused-ring (bicyclic) bond motifs is 2. The number of nitrogens with zero attached hydrogens (tertiary/aromatic N) is 6. The maximum absolute atomic E-state index is 12.9. The minimum absolute atomic E-state index is 0.0547. The second-order valence-electron chi connectivity index (χ2n) is 6.58. The quantitative estimate of drug-likeness (QED) is 0.841. The zero-order chi connectivity index (χ0) is 18.5. The molecule has 1 aromatic rings. The monoisotopic (exact) mass is 369 g/mol. The van der Waals surface area contributed by atoms with Crippen molar-refractivity contribution in [3.05, 3.63) is 42.8 Å². The molecule has 9 nitrogen and oxygen atoms in total. The summed E-state index contributed by atoms with van der Waals surface area (Å²) in [5.41, 5.74) is 0. The molecule has 0 radical (unpaired) electrons. The number of nitrogens with one attached hydrogen (secondary N) is 1. The molecule has 2 bridgehead atoms. The van der Waals surface area contributed by atoms with Gasteiger partial charge in [0, 0.05) is 38.6 Å². The van der Waals surface area contributed by atoms with Gasteiger partial charge in [0.2, 0.25) is 0 Å². The molecule has 4 heterocycles. The third-order valence-electron chi connectivity index (χ3n) is 4.81. The van der Waals surface area contributed by atoms with E-state index < -0.39 is 0 Å². The highest BCUT2D eigenvalue weighted by Crippen LogP contribution is 2.19. The number of amides is 2. The summed E-state index contributed by atoms with van der Waals surface area (Å²) in [5, 5.41) is 2.81. The molecule has 27 heavy (non-hydrogen) atoms. The van der Waals surface area contributed by atoms with Crippen molar-refractivity contribution in [3.8, 4) is 0 Å². The maximum Gasteiger partial charge on any atom is 0.328 e. The summed E-state index contributed by atoms with van der Waals surface area (Å²) < 4.78 is 5.43. The fourth-order valence-corrected chi connectivity index (χ4v) is 3.38. The Morgan fingerprint density at radius 2 is 2.11 bits per heavy atom. The van der Waals surface area contributed by atoms with Gasteiger partial charge in [0.25, 0.3) is 0 Å². The molecule has 3 aliphatic rings. The average Bonchev–Trinajstić information content (AvgIpc) is 3.16. The SMILES string of the molecule is O=C(Nc1cnccn1)N1C=NC(N2CCOCC2)=CC=CN2CC[C@H]1C2. The number of anilines is 1. The predicted octanol–water partition coefficient (Wildman–Crippen LogP) is 1.11. The van der Waals surface area contributed by atoms with Crippen LogP contribution in [0.25, 0.3) is 0 Å². The molecular formula is C18H23N7O2. The topological polar surface area (TPSA) is 86.2 Å². The first-order chi connectivity index (χ1) is 13.3. The van der Waals surface area contributed by atoms with Gasteiger partial charge in [-0.05, 0) is 24.8 Å². The third kappa shape index (κ3) is 4.25. The minimum Gasteiger partial charge on any atom is -0.378 e. The normalized spacial score (nSPS) is 22.6. The fraction of sp³-hybridized carbons (Fsp3) is 0.444. The van der Waals surface area contributed by atoms with Crippen LogP contribution in [0.4, 0.5) is 10.6 Å². The number of carbonyl (C=O) groups is 1. The molecule has 0 spiro atoms. The van der Waals surface area contributed by atoms with Crippen molar-refractivity contribution in [2.24, 2.45) is 4.99 Å². The number of ether oxygens (including phenoxy) is 1. The summed E-state index contributed by atoms with van der Waals surface area (Å²) in [7, 11) is 0. The molecule has 142 valence electrons. The molecule has 0 unspecified atom stereocenters. The van der Waals surface area contributed by atoms with Gasteiger partial charge in [-0.2, -0.15) is 0 Å². The van der Waals surface area contributed by atoms with Crippen molar-refractivity contribution in [1.29, 1.82) is 0 Å². The molecule has 0 aliphatic carbocycles. The van der Waals surface area contributed by atoms with Crippen LogP contribution in [0.3, 0.4) is 0 Å². The highest BCUT2D eigenvalue weighted by Gasteiger charge is 2.29. The van der Waals surface area contributed by atoms with Crippen LogP contribution in [0.1, 0.15) is 6.42 Å². The van der Waals surface area contributed by atoms with E-state index in [2.05, 4.69) is 36.3 Å². The molecule has 1 aromatic heterocycles. The number of aromatic nitrogens is 2. The zero-order valence-electron chi connectivity index (χ0n) is 15.1. The molecule has 1 N–H and O–H groups in total. The molecule has 9 heteroatoms. The maximum atomic E-state index is 12.9. The molecule has 1 atom stereocenters. The second kappa shape index (κ2) is 8.17. The number of carbonyl (C=O) groups excluding carboxylic acids is 1. The fourth-order valence-electron chi connectivity index (χ4n) is 3.38. The van der Waals surface area contributed by atoms with E-state index in [1.807, 2.05) is 12.2 Å². The number of morpholine rings is 1. The third-order valence-corrected chi connectivity index (χ3v) is 4.81. The summed E-state index contributed by atoms with van der Waals surface area (Å²) in [6.45, 7) is 4.62. The Morgan fingerprint density at radius 1 is 1.22 bits per heavy atom. The van der Waals surface area contributed by atoms with Crippen LogP contribution in [0.15, 0.2) is 47.8 Å². The summed E-state index contributed by atoms with van der Waals surface area (Å²) in [4.78, 5) is 31.7. The van der Waals surface area contributed by atoms with Crippen molar-refractivity contribution in [3.63, 3.8) is 0 Å². The Morgan fingerprint density at radius 3 is 2.93 bits per heavy atom. The summed E-state index contributed by atoms with van der Waals surface area (Å²) in [5.74, 6) is 1.25. The van der Waals surface area contributed by atoms with Crippen LogP contribution in [-0.4, -0.2) is 82.5 Å². The van der Waals surface area contributed by atoms with Gasteiger partial charge in [0.05, 0.1) is 25.5 Å². The van der Waals surface area contributed by atoms with E-state index in [9.17, 15) is 4.79 Å². The summed E-state index contributed by atoms with van der Waals surface area (Å²) >= 11 is 0. The highest BCUT2D eigenvalue weighted by atomic mass is 16.5. The van der Waals surface area contributed by atoms with Crippen molar-refractivity contribution in [2.75, 3.05) is 44.7 Å². The lowest BCUT2D eigenvalue weighted by Crippen LogP contribution is -2.43. The van der Waals surface area contributed by atoms with Gasteiger partial charge < -0.3 is 14.5 Å². The standard InChI is InChI=1S/C18H23N7O2/c26-18(22-16-12-19-4-5-20-16)25-14-21-17(24-8-10-27-11-9-24)2-1-6-23-7-3-15(25)13-23/h1-2,4-6,12,14-15H,3,7-11,13H2,(H,20,22,26)/t15-/m0/s1. The van der Waals surface area contributed by atoms with Crippen LogP contribution in [0.5, 0.6) is 0 Å². The first kappa shape index (κ1) is 17.5. The van der Waals surface area contributed by atoms with Crippen LogP contribution in [-0.2, 0) is 4.74 Å². The van der Waals surface area contributed by atoms with E-state index in [4.69, 9.17) is 4.74 Å². The molecule has 2 saturated heterocycles. The Balaban J connectivity index is 1.56. The molecule has 2 fully saturated rings. The largest absolute Gasteiger partial charge is 0.378 e. The van der Waals surface area contributed by atoms with Gasteiger partial charge in [-0.25, -0.2) is 14.8 Å². The molecular weight excluding hydrogens is 346 g/mol. The average molecular weight is 369 g/mol. The number of urea groups is 1. The Hall–Kier alpha value is -2.94. The van der Waals surface area contributed by atoms with Gasteiger partial charge in [-0.3, -0.25) is 15.2 Å². The van der Waals surface area contributed by atoms with Crippen LogP contribution >= 0.6 is 0 Å². The molecule has 3 aliphatic heterocycles. The Kier molecular flexibility index (Phi) is 5.29. The Labute approximate surface area is 158 Å².